The molecule has 4 fully saturated rings. The van der Waals surface area contributed by atoms with E-state index in [4.69, 9.17) is 16.3 Å². The van der Waals surface area contributed by atoms with Crippen molar-refractivity contribution < 1.29 is 14.6 Å². The summed E-state index contributed by atoms with van der Waals surface area (Å²) in [7, 11) is 0. The quantitative estimate of drug-likeness (QED) is 0.589. The second-order valence-corrected chi connectivity index (χ2v) is 6.52. The molecule has 16 heavy (non-hydrogen) atoms. The van der Waals surface area contributed by atoms with Crippen LogP contribution in [0.25, 0.3) is 0 Å². The summed E-state index contributed by atoms with van der Waals surface area (Å²) < 4.78 is 5.59. The molecule has 0 aromatic carbocycles. The second kappa shape index (κ2) is 2.44. The number of alkyl halides is 1. The Balaban J connectivity index is 1.65. The van der Waals surface area contributed by atoms with Crippen molar-refractivity contribution in [2.24, 2.45) is 17.3 Å². The summed E-state index contributed by atoms with van der Waals surface area (Å²) in [4.78, 5) is 11.4. The molecule has 0 aliphatic heterocycles. The largest absolute Gasteiger partial charge is 0.458 e. The van der Waals surface area contributed by atoms with Gasteiger partial charge in [-0.2, -0.15) is 0 Å². The molecule has 4 rings (SSSR count). The summed E-state index contributed by atoms with van der Waals surface area (Å²) in [6, 6.07) is 0. The fraction of sp³-hybridized carbons (Fsp3) is 0.917. The molecule has 0 amide bonds. The summed E-state index contributed by atoms with van der Waals surface area (Å²) in [5.74, 6) is 0.828. The zero-order valence-electron chi connectivity index (χ0n) is 9.04. The lowest BCUT2D eigenvalue weighted by Crippen LogP contribution is -2.74. The van der Waals surface area contributed by atoms with E-state index in [2.05, 4.69) is 0 Å². The van der Waals surface area contributed by atoms with Crippen molar-refractivity contribution in [3.8, 4) is 0 Å². The topological polar surface area (TPSA) is 46.5 Å². The zero-order chi connectivity index (χ0) is 11.2. The lowest BCUT2D eigenvalue weighted by Gasteiger charge is -2.72. The highest BCUT2D eigenvalue weighted by molar-refractivity contribution is 6.26. The fourth-order valence-electron chi connectivity index (χ4n) is 5.51. The van der Waals surface area contributed by atoms with Crippen molar-refractivity contribution in [1.29, 1.82) is 0 Å². The van der Waals surface area contributed by atoms with Crippen LogP contribution in [-0.2, 0) is 9.53 Å². The number of carbonyl (C=O) groups excluding carboxylic acids is 1. The van der Waals surface area contributed by atoms with Crippen molar-refractivity contribution >= 4 is 17.6 Å². The van der Waals surface area contributed by atoms with Crippen LogP contribution in [0, 0.1) is 17.3 Å². The van der Waals surface area contributed by atoms with Crippen LogP contribution in [0.15, 0.2) is 0 Å². The first-order chi connectivity index (χ1) is 7.54. The van der Waals surface area contributed by atoms with Crippen LogP contribution in [0.3, 0.4) is 0 Å². The molecule has 0 heterocycles. The first-order valence-electron chi connectivity index (χ1n) is 6.04. The van der Waals surface area contributed by atoms with Gasteiger partial charge in [0.1, 0.15) is 11.5 Å². The van der Waals surface area contributed by atoms with E-state index in [1.807, 2.05) is 0 Å². The summed E-state index contributed by atoms with van der Waals surface area (Å²) in [6.45, 7) is 0. The number of fused-ring (bicyclic) bond motifs is 1. The van der Waals surface area contributed by atoms with Crippen LogP contribution in [-0.4, -0.2) is 28.2 Å². The maximum Gasteiger partial charge on any atom is 0.321 e. The van der Waals surface area contributed by atoms with Gasteiger partial charge in [-0.25, -0.2) is 0 Å². The highest BCUT2D eigenvalue weighted by Gasteiger charge is 2.86. The molecule has 0 aromatic heterocycles. The van der Waals surface area contributed by atoms with Gasteiger partial charge >= 0.3 is 5.97 Å². The van der Waals surface area contributed by atoms with Gasteiger partial charge in [-0.3, -0.25) is 4.79 Å². The Bertz CT molecular complexity index is 376. The molecular formula is C12H15ClO3. The Morgan fingerprint density at radius 1 is 1.31 bits per heavy atom. The van der Waals surface area contributed by atoms with Crippen LogP contribution >= 0.6 is 11.6 Å². The van der Waals surface area contributed by atoms with E-state index in [1.54, 1.807) is 0 Å². The Labute approximate surface area is 99.1 Å². The van der Waals surface area contributed by atoms with Crippen molar-refractivity contribution in [3.05, 3.63) is 0 Å². The average molecular weight is 243 g/mol. The lowest BCUT2D eigenvalue weighted by atomic mass is 9.35. The number of hydrogen-bond acceptors (Lipinski definition) is 3. The summed E-state index contributed by atoms with van der Waals surface area (Å²) in [6.07, 6.45) is 4.60. The molecule has 0 saturated heterocycles. The second-order valence-electron chi connectivity index (χ2n) is 6.25. The third kappa shape index (κ3) is 0.769. The predicted molar refractivity (Wildman–Crippen MR) is 57.0 cm³/mol. The Hall–Kier alpha value is -0.280. The van der Waals surface area contributed by atoms with E-state index in [9.17, 15) is 9.90 Å². The smallest absolute Gasteiger partial charge is 0.321 e. The van der Waals surface area contributed by atoms with Crippen LogP contribution in [0.5, 0.6) is 0 Å². The molecule has 2 unspecified atom stereocenters. The molecule has 88 valence electrons. The number of rotatable bonds is 2. The van der Waals surface area contributed by atoms with E-state index in [0.29, 0.717) is 11.8 Å². The molecule has 2 atom stereocenters. The van der Waals surface area contributed by atoms with Crippen LogP contribution < -0.4 is 0 Å². The summed E-state index contributed by atoms with van der Waals surface area (Å²) in [5.41, 5.74) is -0.542. The van der Waals surface area contributed by atoms with Crippen LogP contribution in [0.2, 0.25) is 0 Å². The van der Waals surface area contributed by atoms with Gasteiger partial charge in [0, 0.05) is 5.41 Å². The summed E-state index contributed by atoms with van der Waals surface area (Å²) >= 11 is 5.50. The monoisotopic (exact) mass is 242 g/mol. The molecule has 1 spiro atoms. The Morgan fingerprint density at radius 2 is 1.94 bits per heavy atom. The van der Waals surface area contributed by atoms with E-state index >= 15 is 0 Å². The molecule has 1 N–H and O–H groups in total. The van der Waals surface area contributed by atoms with Gasteiger partial charge in [-0.05, 0) is 43.9 Å². The molecule has 3 nitrogen and oxygen atoms in total. The van der Waals surface area contributed by atoms with Crippen molar-refractivity contribution in [1.82, 2.24) is 0 Å². The Kier molecular flexibility index (Phi) is 1.48. The molecule has 4 aliphatic carbocycles. The van der Waals surface area contributed by atoms with Gasteiger partial charge in [0.05, 0.1) is 5.60 Å². The minimum absolute atomic E-state index is 0.0581. The first-order valence-corrected chi connectivity index (χ1v) is 6.57. The van der Waals surface area contributed by atoms with Crippen molar-refractivity contribution in [3.63, 3.8) is 0 Å². The number of hydrogen-bond donors (Lipinski definition) is 1. The Morgan fingerprint density at radius 3 is 2.44 bits per heavy atom. The minimum Gasteiger partial charge on any atom is -0.458 e. The van der Waals surface area contributed by atoms with E-state index in [1.165, 1.54) is 0 Å². The number of halogens is 1. The van der Waals surface area contributed by atoms with Crippen LogP contribution in [0.4, 0.5) is 0 Å². The van der Waals surface area contributed by atoms with E-state index < -0.39 is 5.60 Å². The van der Waals surface area contributed by atoms with Crippen molar-refractivity contribution in [2.75, 3.05) is 5.88 Å². The predicted octanol–water partition coefficient (Wildman–Crippen LogP) is 1.46. The minimum atomic E-state index is -0.443. The van der Waals surface area contributed by atoms with Gasteiger partial charge in [-0.15, -0.1) is 11.6 Å². The molecule has 0 radical (unpaired) electrons. The van der Waals surface area contributed by atoms with Crippen LogP contribution in [0.1, 0.15) is 32.1 Å². The van der Waals surface area contributed by atoms with E-state index in [0.717, 1.165) is 32.1 Å². The average Bonchev–Trinajstić information content (AvgIpc) is 2.64. The summed E-state index contributed by atoms with van der Waals surface area (Å²) in [5, 5.41) is 10.4. The standard InChI is InChI=1S/C12H15ClO3/c13-5-9(14)16-11-3-7-1-10(15)2-8(4-11)12(7,11)6-10/h7-8,15H,1-6H2. The number of aliphatic hydroxyl groups is 1. The van der Waals surface area contributed by atoms with Gasteiger partial charge < -0.3 is 9.84 Å². The highest BCUT2D eigenvalue weighted by atomic mass is 35.5. The number of ether oxygens (including phenoxy) is 1. The molecular weight excluding hydrogens is 228 g/mol. The highest BCUT2D eigenvalue weighted by Crippen LogP contribution is 2.84. The first kappa shape index (κ1) is 9.72. The molecule has 4 aliphatic rings. The molecule has 4 heteroatoms. The van der Waals surface area contributed by atoms with E-state index in [-0.39, 0.29) is 22.9 Å². The number of esters is 1. The fourth-order valence-corrected chi connectivity index (χ4v) is 5.56. The van der Waals surface area contributed by atoms with Gasteiger partial charge in [0.15, 0.2) is 0 Å². The molecule has 2 bridgehead atoms. The normalized spacial score (nSPS) is 59.9. The lowest BCUT2D eigenvalue weighted by molar-refractivity contribution is -0.312. The van der Waals surface area contributed by atoms with Gasteiger partial charge in [0.2, 0.25) is 0 Å². The molecule has 4 saturated carbocycles. The molecule has 0 aromatic rings. The maximum atomic E-state index is 11.4. The van der Waals surface area contributed by atoms with Gasteiger partial charge in [0.25, 0.3) is 0 Å². The van der Waals surface area contributed by atoms with Crippen molar-refractivity contribution in [2.45, 2.75) is 43.3 Å². The zero-order valence-corrected chi connectivity index (χ0v) is 9.79. The maximum absolute atomic E-state index is 11.4. The van der Waals surface area contributed by atoms with Gasteiger partial charge in [-0.1, -0.05) is 0 Å². The number of carbonyl (C=O) groups is 1. The third-order valence-electron chi connectivity index (χ3n) is 5.75. The third-order valence-corrected chi connectivity index (χ3v) is 5.97. The SMILES string of the molecule is O=C(CCl)OC12CC3CC4(O)CC(C1)C32C4.